The molecular weight excluding hydrogens is 401 g/mol. The van der Waals surface area contributed by atoms with E-state index in [9.17, 15) is 18.0 Å². The number of oxime groups is 1. The highest BCUT2D eigenvalue weighted by atomic mass is 79.9. The molecule has 2 aromatic carbocycles. The van der Waals surface area contributed by atoms with Gasteiger partial charge in [-0.1, -0.05) is 33.2 Å². The number of carbonyl (C=O) groups is 1. The molecule has 25 heavy (non-hydrogen) atoms. The van der Waals surface area contributed by atoms with Gasteiger partial charge in [-0.15, -0.1) is 0 Å². The average molecular weight is 413 g/mol. The van der Waals surface area contributed by atoms with Crippen molar-refractivity contribution in [3.8, 4) is 0 Å². The van der Waals surface area contributed by atoms with E-state index in [1.807, 2.05) is 24.3 Å². The van der Waals surface area contributed by atoms with E-state index < -0.39 is 23.8 Å². The fourth-order valence-corrected chi connectivity index (χ4v) is 2.72. The van der Waals surface area contributed by atoms with E-state index in [4.69, 9.17) is 4.84 Å². The predicted molar refractivity (Wildman–Crippen MR) is 90.2 cm³/mol. The number of halogens is 4. The number of hydrogen-bond donors (Lipinski definition) is 1. The van der Waals surface area contributed by atoms with Crippen LogP contribution >= 0.6 is 15.9 Å². The number of alkyl halides is 3. The molecule has 0 saturated carbocycles. The topological polar surface area (TPSA) is 50.7 Å². The zero-order valence-corrected chi connectivity index (χ0v) is 14.3. The van der Waals surface area contributed by atoms with Crippen molar-refractivity contribution in [2.75, 3.05) is 5.32 Å². The summed E-state index contributed by atoms with van der Waals surface area (Å²) < 4.78 is 38.5. The molecule has 0 saturated heterocycles. The van der Waals surface area contributed by atoms with Crippen LogP contribution in [0.25, 0.3) is 0 Å². The highest BCUT2D eigenvalue weighted by Crippen LogP contribution is 2.30. The Hall–Kier alpha value is -2.35. The van der Waals surface area contributed by atoms with Gasteiger partial charge < -0.3 is 10.2 Å². The Morgan fingerprint density at radius 2 is 1.92 bits per heavy atom. The van der Waals surface area contributed by atoms with E-state index in [2.05, 4.69) is 26.4 Å². The maximum absolute atomic E-state index is 12.5. The summed E-state index contributed by atoms with van der Waals surface area (Å²) in [7, 11) is 0. The van der Waals surface area contributed by atoms with Crippen molar-refractivity contribution in [1.82, 2.24) is 0 Å². The molecule has 1 heterocycles. The summed E-state index contributed by atoms with van der Waals surface area (Å²) in [5.41, 5.74) is 0.952. The van der Waals surface area contributed by atoms with Crippen LogP contribution in [0.1, 0.15) is 17.5 Å². The van der Waals surface area contributed by atoms with Crippen LogP contribution in [0.5, 0.6) is 0 Å². The third kappa shape index (κ3) is 4.19. The number of anilines is 1. The van der Waals surface area contributed by atoms with Gasteiger partial charge in [0, 0.05) is 22.1 Å². The molecule has 2 aromatic rings. The molecule has 8 heteroatoms. The summed E-state index contributed by atoms with van der Waals surface area (Å²) in [5, 5.41) is 6.46. The molecule has 1 unspecified atom stereocenters. The Kier molecular flexibility index (Phi) is 4.80. The van der Waals surface area contributed by atoms with Gasteiger partial charge in [0.15, 0.2) is 0 Å². The fraction of sp³-hybridized carbons (Fsp3) is 0.176. The smallest absolute Gasteiger partial charge is 0.382 e. The summed E-state index contributed by atoms with van der Waals surface area (Å²) >= 11 is 3.36. The molecule has 1 atom stereocenters. The fourth-order valence-electron chi connectivity index (χ4n) is 2.32. The third-order valence-corrected chi connectivity index (χ3v) is 4.09. The van der Waals surface area contributed by atoms with E-state index in [0.29, 0.717) is 5.71 Å². The summed E-state index contributed by atoms with van der Waals surface area (Å²) in [4.78, 5) is 17.4. The average Bonchev–Trinajstić information content (AvgIpc) is 3.05. The number of rotatable bonds is 3. The number of benzene rings is 2. The Morgan fingerprint density at radius 3 is 2.56 bits per heavy atom. The molecular formula is C17H12BrF3N2O2. The van der Waals surface area contributed by atoms with Crippen molar-refractivity contribution in [2.45, 2.75) is 18.7 Å². The zero-order chi connectivity index (χ0) is 18.0. The van der Waals surface area contributed by atoms with Gasteiger partial charge in [0.2, 0.25) is 6.10 Å². The van der Waals surface area contributed by atoms with Crippen LogP contribution in [-0.4, -0.2) is 17.7 Å². The lowest BCUT2D eigenvalue weighted by Gasteiger charge is -2.11. The molecule has 3 rings (SSSR count). The lowest BCUT2D eigenvalue weighted by molar-refractivity contribution is -0.137. The lowest BCUT2D eigenvalue weighted by Crippen LogP contribution is -2.28. The highest BCUT2D eigenvalue weighted by molar-refractivity contribution is 9.10. The summed E-state index contributed by atoms with van der Waals surface area (Å²) in [5.74, 6) is -0.464. The SMILES string of the molecule is O=C(Nc1ccc(C(F)(F)F)cc1)C1CC(c2cccc(Br)c2)=NO1. The minimum atomic E-state index is -4.41. The first-order valence-electron chi connectivity index (χ1n) is 7.30. The number of hydrogen-bond acceptors (Lipinski definition) is 3. The van der Waals surface area contributed by atoms with Crippen LogP contribution < -0.4 is 5.32 Å². The molecule has 0 fully saturated rings. The maximum Gasteiger partial charge on any atom is 0.416 e. The number of amides is 1. The van der Waals surface area contributed by atoms with Crippen molar-refractivity contribution < 1.29 is 22.8 Å². The molecule has 1 amide bonds. The monoisotopic (exact) mass is 412 g/mol. The molecule has 0 aliphatic carbocycles. The molecule has 0 bridgehead atoms. The lowest BCUT2D eigenvalue weighted by atomic mass is 10.0. The zero-order valence-electron chi connectivity index (χ0n) is 12.7. The maximum atomic E-state index is 12.5. The largest absolute Gasteiger partial charge is 0.416 e. The van der Waals surface area contributed by atoms with E-state index in [1.54, 1.807) is 0 Å². The quantitative estimate of drug-likeness (QED) is 0.800. The van der Waals surface area contributed by atoms with Crippen molar-refractivity contribution in [3.05, 3.63) is 64.1 Å². The van der Waals surface area contributed by atoms with Crippen molar-refractivity contribution in [2.24, 2.45) is 5.16 Å². The van der Waals surface area contributed by atoms with Gasteiger partial charge in [-0.25, -0.2) is 0 Å². The first kappa shape index (κ1) is 17.5. The van der Waals surface area contributed by atoms with E-state index in [0.717, 1.165) is 22.2 Å². The van der Waals surface area contributed by atoms with Crippen molar-refractivity contribution in [3.63, 3.8) is 0 Å². The van der Waals surface area contributed by atoms with Crippen LogP contribution in [0.15, 0.2) is 58.2 Å². The molecule has 1 N–H and O–H groups in total. The van der Waals surface area contributed by atoms with Crippen molar-refractivity contribution in [1.29, 1.82) is 0 Å². The van der Waals surface area contributed by atoms with Crippen LogP contribution in [0.3, 0.4) is 0 Å². The molecule has 1 aliphatic rings. The third-order valence-electron chi connectivity index (χ3n) is 3.60. The van der Waals surface area contributed by atoms with Crippen LogP contribution in [0.2, 0.25) is 0 Å². The highest BCUT2D eigenvalue weighted by Gasteiger charge is 2.31. The van der Waals surface area contributed by atoms with Gasteiger partial charge in [-0.05, 0) is 36.4 Å². The Morgan fingerprint density at radius 1 is 1.20 bits per heavy atom. The van der Waals surface area contributed by atoms with Crippen LogP contribution in [-0.2, 0) is 15.8 Å². The standard InChI is InChI=1S/C17H12BrF3N2O2/c18-12-3-1-2-10(8-12)14-9-15(25-23-14)16(24)22-13-6-4-11(5-7-13)17(19,20)21/h1-8,15H,9H2,(H,22,24). The van der Waals surface area contributed by atoms with Gasteiger partial charge in [0.1, 0.15) is 0 Å². The second-order valence-corrected chi connectivity index (χ2v) is 6.33. The van der Waals surface area contributed by atoms with E-state index in [1.165, 1.54) is 12.1 Å². The van der Waals surface area contributed by atoms with Gasteiger partial charge in [-0.2, -0.15) is 13.2 Å². The van der Waals surface area contributed by atoms with Crippen LogP contribution in [0.4, 0.5) is 18.9 Å². The summed E-state index contributed by atoms with van der Waals surface area (Å²) in [6.45, 7) is 0. The van der Waals surface area contributed by atoms with Gasteiger partial charge in [0.05, 0.1) is 11.3 Å². The van der Waals surface area contributed by atoms with Gasteiger partial charge >= 0.3 is 6.18 Å². The summed E-state index contributed by atoms with van der Waals surface area (Å²) in [6.07, 6.45) is -4.96. The molecule has 0 spiro atoms. The van der Waals surface area contributed by atoms with Crippen LogP contribution in [0, 0.1) is 0 Å². The van der Waals surface area contributed by atoms with E-state index in [-0.39, 0.29) is 12.1 Å². The molecule has 130 valence electrons. The molecule has 0 radical (unpaired) electrons. The number of nitrogens with zero attached hydrogens (tertiary/aromatic N) is 1. The second kappa shape index (κ2) is 6.87. The second-order valence-electron chi connectivity index (χ2n) is 5.41. The normalized spacial score (nSPS) is 17.0. The minimum absolute atomic E-state index is 0.262. The number of carbonyl (C=O) groups excluding carboxylic acids is 1. The molecule has 0 aromatic heterocycles. The first-order chi connectivity index (χ1) is 11.8. The predicted octanol–water partition coefficient (Wildman–Crippen LogP) is 4.60. The Bertz CT molecular complexity index is 819. The van der Waals surface area contributed by atoms with Gasteiger partial charge in [0.25, 0.3) is 5.91 Å². The molecule has 1 aliphatic heterocycles. The molecule has 4 nitrogen and oxygen atoms in total. The minimum Gasteiger partial charge on any atom is -0.382 e. The number of nitrogens with one attached hydrogen (secondary N) is 1. The Labute approximate surface area is 149 Å². The Balaban J connectivity index is 1.62. The van der Waals surface area contributed by atoms with E-state index >= 15 is 0 Å². The first-order valence-corrected chi connectivity index (χ1v) is 8.09. The van der Waals surface area contributed by atoms with Crippen molar-refractivity contribution >= 4 is 33.2 Å². The van der Waals surface area contributed by atoms with Gasteiger partial charge in [-0.3, -0.25) is 4.79 Å². The summed E-state index contributed by atoms with van der Waals surface area (Å²) in [6, 6.07) is 11.6.